The van der Waals surface area contributed by atoms with Gasteiger partial charge in [-0.2, -0.15) is 0 Å². The minimum absolute atomic E-state index is 0.267. The highest BCUT2D eigenvalue weighted by Crippen LogP contribution is 2.32. The predicted octanol–water partition coefficient (Wildman–Crippen LogP) is -0.508. The van der Waals surface area contributed by atoms with Gasteiger partial charge in [-0.25, -0.2) is 15.0 Å². The second-order valence-corrected chi connectivity index (χ2v) is 7.83. The molecule has 0 radical (unpaired) electrons. The van der Waals surface area contributed by atoms with Gasteiger partial charge in [0.15, 0.2) is 17.7 Å². The molecule has 3 heterocycles. The number of aliphatic hydroxyl groups excluding tert-OH is 2. The van der Waals surface area contributed by atoms with Gasteiger partial charge in [0, 0.05) is 25.7 Å². The Labute approximate surface area is 163 Å². The van der Waals surface area contributed by atoms with Crippen LogP contribution in [0.25, 0.3) is 11.2 Å². The van der Waals surface area contributed by atoms with E-state index in [-0.39, 0.29) is 5.82 Å². The van der Waals surface area contributed by atoms with Crippen LogP contribution in [0.1, 0.15) is 31.9 Å². The number of fused-ring (bicyclic) bond motifs is 1. The van der Waals surface area contributed by atoms with Gasteiger partial charge in [-0.1, -0.05) is 12.8 Å². The molecule has 2 aromatic rings. The number of nitrogen functional groups attached to an aromatic ring is 1. The zero-order chi connectivity index (χ0) is 19.7. The summed E-state index contributed by atoms with van der Waals surface area (Å²) in [6, 6.07) is 0.636. The first kappa shape index (κ1) is 19.5. The lowest BCUT2D eigenvalue weighted by molar-refractivity contribution is -0.0420. The number of hydrogen-bond acceptors (Lipinski definition) is 9. The van der Waals surface area contributed by atoms with E-state index in [4.69, 9.17) is 10.5 Å². The van der Waals surface area contributed by atoms with Crippen molar-refractivity contribution in [2.24, 2.45) is 0 Å². The number of imidazole rings is 1. The van der Waals surface area contributed by atoms with Crippen molar-refractivity contribution in [2.75, 3.05) is 32.4 Å². The van der Waals surface area contributed by atoms with Gasteiger partial charge in [-0.15, -0.1) is 0 Å². The van der Waals surface area contributed by atoms with Gasteiger partial charge in [0.05, 0.1) is 6.33 Å². The Bertz CT molecular complexity index is 795. The maximum Gasteiger partial charge on any atom is 0.167 e. The molecule has 2 fully saturated rings. The second kappa shape index (κ2) is 8.26. The van der Waals surface area contributed by atoms with Crippen LogP contribution in [-0.4, -0.2) is 85.7 Å². The largest absolute Gasteiger partial charge is 0.387 e. The summed E-state index contributed by atoms with van der Waals surface area (Å²) in [6.45, 7) is 2.27. The van der Waals surface area contributed by atoms with Gasteiger partial charge in [0.25, 0.3) is 0 Å². The standard InChI is InChI=1S/C18H29N7O3/c1-24(7-6-20-11-4-2-3-5-11)8-12-14(26)15(27)18(28-12)25-10-23-13-16(19)21-9-22-17(13)25/h9-12,14-15,18,20,26-27H,2-8H2,1H3,(H2,19,21,22)/t12-,14-,15-,18-/m1/s1. The third kappa shape index (κ3) is 3.83. The number of nitrogens with one attached hydrogen (secondary N) is 1. The van der Waals surface area contributed by atoms with Crippen LogP contribution in [0.3, 0.4) is 0 Å². The summed E-state index contributed by atoms with van der Waals surface area (Å²) in [5.41, 5.74) is 6.74. The van der Waals surface area contributed by atoms with Crippen molar-refractivity contribution in [2.45, 2.75) is 56.3 Å². The van der Waals surface area contributed by atoms with E-state index in [0.29, 0.717) is 23.8 Å². The molecule has 5 N–H and O–H groups in total. The molecule has 0 amide bonds. The Morgan fingerprint density at radius 2 is 2.04 bits per heavy atom. The van der Waals surface area contributed by atoms with Crippen LogP contribution in [0, 0.1) is 0 Å². The van der Waals surface area contributed by atoms with Crippen LogP contribution in [0.15, 0.2) is 12.7 Å². The number of aromatic nitrogens is 4. The predicted molar refractivity (Wildman–Crippen MR) is 103 cm³/mol. The second-order valence-electron chi connectivity index (χ2n) is 7.83. The van der Waals surface area contributed by atoms with Crippen molar-refractivity contribution >= 4 is 17.0 Å². The van der Waals surface area contributed by atoms with Crippen LogP contribution in [0.4, 0.5) is 5.82 Å². The molecule has 4 rings (SSSR count). The smallest absolute Gasteiger partial charge is 0.167 e. The highest BCUT2D eigenvalue weighted by Gasteiger charge is 2.44. The highest BCUT2D eigenvalue weighted by atomic mass is 16.6. The first-order valence-electron chi connectivity index (χ1n) is 9.91. The van der Waals surface area contributed by atoms with E-state index in [1.165, 1.54) is 38.3 Å². The lowest BCUT2D eigenvalue weighted by atomic mass is 10.1. The average Bonchev–Trinajstić information content (AvgIpc) is 3.39. The monoisotopic (exact) mass is 391 g/mol. The van der Waals surface area contributed by atoms with Gasteiger partial charge < -0.3 is 30.9 Å². The Hall–Kier alpha value is -1.85. The number of likely N-dealkylation sites (N-methyl/N-ethyl adjacent to an activating group) is 1. The molecule has 0 spiro atoms. The van der Waals surface area contributed by atoms with E-state index in [0.717, 1.165) is 13.1 Å². The summed E-state index contributed by atoms with van der Waals surface area (Å²) < 4.78 is 7.59. The fraction of sp³-hybridized carbons (Fsp3) is 0.722. The first-order valence-corrected chi connectivity index (χ1v) is 9.91. The summed E-state index contributed by atoms with van der Waals surface area (Å²) >= 11 is 0. The molecule has 2 aromatic heterocycles. The Balaban J connectivity index is 1.36. The van der Waals surface area contributed by atoms with E-state index >= 15 is 0 Å². The molecule has 1 aliphatic carbocycles. The summed E-state index contributed by atoms with van der Waals surface area (Å²) in [5, 5.41) is 24.6. The van der Waals surface area contributed by atoms with Crippen molar-refractivity contribution in [1.82, 2.24) is 29.7 Å². The first-order chi connectivity index (χ1) is 13.5. The fourth-order valence-electron chi connectivity index (χ4n) is 4.15. The Morgan fingerprint density at radius 3 is 2.82 bits per heavy atom. The number of anilines is 1. The zero-order valence-corrected chi connectivity index (χ0v) is 16.1. The molecule has 1 saturated carbocycles. The summed E-state index contributed by atoms with van der Waals surface area (Å²) in [6.07, 6.45) is 4.64. The maximum atomic E-state index is 10.5. The molecule has 0 aromatic carbocycles. The summed E-state index contributed by atoms with van der Waals surface area (Å²) in [4.78, 5) is 14.4. The molecule has 10 nitrogen and oxygen atoms in total. The SMILES string of the molecule is CN(CCNC1CCCC1)C[C@H]1O[C@@H](n2cnc3c(N)ncnc32)[C@H](O)[C@@H]1O. The molecule has 1 saturated heterocycles. The van der Waals surface area contributed by atoms with E-state index in [2.05, 4.69) is 25.2 Å². The van der Waals surface area contributed by atoms with Gasteiger partial charge in [-0.3, -0.25) is 4.57 Å². The van der Waals surface area contributed by atoms with Gasteiger partial charge in [-0.05, 0) is 19.9 Å². The molecule has 28 heavy (non-hydrogen) atoms. The lowest BCUT2D eigenvalue weighted by Gasteiger charge is -2.23. The molecule has 2 aliphatic rings. The van der Waals surface area contributed by atoms with E-state index in [1.54, 1.807) is 4.57 Å². The molecule has 1 aliphatic heterocycles. The molecule has 4 atom stereocenters. The van der Waals surface area contributed by atoms with Crippen LogP contribution in [-0.2, 0) is 4.74 Å². The Kier molecular flexibility index (Phi) is 5.74. The normalized spacial score (nSPS) is 28.7. The third-order valence-electron chi connectivity index (χ3n) is 5.77. The highest BCUT2D eigenvalue weighted by molar-refractivity contribution is 5.81. The van der Waals surface area contributed by atoms with E-state index < -0.39 is 24.5 Å². The van der Waals surface area contributed by atoms with Crippen molar-refractivity contribution in [3.8, 4) is 0 Å². The maximum absolute atomic E-state index is 10.5. The summed E-state index contributed by atoms with van der Waals surface area (Å²) in [5.74, 6) is 0.267. The topological polar surface area (TPSA) is 135 Å². The fourth-order valence-corrected chi connectivity index (χ4v) is 4.15. The molecular weight excluding hydrogens is 362 g/mol. The van der Waals surface area contributed by atoms with Crippen LogP contribution in [0.5, 0.6) is 0 Å². The average molecular weight is 391 g/mol. The number of hydrogen-bond donors (Lipinski definition) is 4. The van der Waals surface area contributed by atoms with Gasteiger partial charge in [0.1, 0.15) is 30.2 Å². The van der Waals surface area contributed by atoms with Crippen molar-refractivity contribution in [3.63, 3.8) is 0 Å². The number of rotatable bonds is 7. The number of ether oxygens (including phenoxy) is 1. The number of nitrogens with zero attached hydrogens (tertiary/aromatic N) is 5. The molecular formula is C18H29N7O3. The van der Waals surface area contributed by atoms with Crippen LogP contribution >= 0.6 is 0 Å². The molecule has 0 bridgehead atoms. The van der Waals surface area contributed by atoms with Gasteiger partial charge in [0.2, 0.25) is 0 Å². The molecule has 10 heteroatoms. The lowest BCUT2D eigenvalue weighted by Crippen LogP contribution is -2.41. The molecule has 0 unspecified atom stereocenters. The minimum atomic E-state index is -1.08. The third-order valence-corrected chi connectivity index (χ3v) is 5.77. The zero-order valence-electron chi connectivity index (χ0n) is 16.1. The summed E-state index contributed by atoms with van der Waals surface area (Å²) in [7, 11) is 1.99. The van der Waals surface area contributed by atoms with Crippen molar-refractivity contribution in [3.05, 3.63) is 12.7 Å². The van der Waals surface area contributed by atoms with Crippen molar-refractivity contribution < 1.29 is 14.9 Å². The van der Waals surface area contributed by atoms with E-state index in [9.17, 15) is 10.2 Å². The quantitative estimate of drug-likeness (QED) is 0.492. The Morgan fingerprint density at radius 1 is 1.25 bits per heavy atom. The van der Waals surface area contributed by atoms with Crippen LogP contribution < -0.4 is 11.1 Å². The minimum Gasteiger partial charge on any atom is -0.387 e. The number of aliphatic hydroxyl groups is 2. The van der Waals surface area contributed by atoms with Gasteiger partial charge >= 0.3 is 0 Å². The van der Waals surface area contributed by atoms with Crippen LogP contribution in [0.2, 0.25) is 0 Å². The molecule has 154 valence electrons. The number of nitrogens with two attached hydrogens (primary N) is 1. The van der Waals surface area contributed by atoms with Crippen molar-refractivity contribution in [1.29, 1.82) is 0 Å². The van der Waals surface area contributed by atoms with E-state index in [1.807, 2.05) is 7.05 Å².